The Labute approximate surface area is 162 Å². The number of rotatable bonds is 6. The first kappa shape index (κ1) is 18.8. The summed E-state index contributed by atoms with van der Waals surface area (Å²) < 4.78 is 18.7. The Morgan fingerprint density at radius 3 is 2.67 bits per heavy atom. The molecule has 0 unspecified atom stereocenters. The van der Waals surface area contributed by atoms with Crippen molar-refractivity contribution in [1.29, 1.82) is 0 Å². The number of benzene rings is 1. The van der Waals surface area contributed by atoms with Gasteiger partial charge in [-0.05, 0) is 36.8 Å². The van der Waals surface area contributed by atoms with Crippen LogP contribution in [0.1, 0.15) is 15.3 Å². The van der Waals surface area contributed by atoms with E-state index >= 15 is 0 Å². The van der Waals surface area contributed by atoms with Crippen LogP contribution >= 0.6 is 11.3 Å². The molecule has 7 heteroatoms. The lowest BCUT2D eigenvalue weighted by atomic mass is 10.3. The average Bonchev–Trinajstić information content (AvgIpc) is 3.08. The first-order valence-corrected chi connectivity index (χ1v) is 9.32. The van der Waals surface area contributed by atoms with E-state index in [-0.39, 0.29) is 5.82 Å². The SMILES string of the molecule is CN=C(NCc1ccc(Oc2cccc(F)c2)nc1)NCc1ccc(C)s1. The van der Waals surface area contributed by atoms with Gasteiger partial charge in [0.2, 0.25) is 5.88 Å². The molecular weight excluding hydrogens is 363 g/mol. The number of nitrogens with one attached hydrogen (secondary N) is 2. The lowest BCUT2D eigenvalue weighted by Crippen LogP contribution is -2.36. The van der Waals surface area contributed by atoms with Gasteiger partial charge in [0.1, 0.15) is 11.6 Å². The zero-order chi connectivity index (χ0) is 19.1. The van der Waals surface area contributed by atoms with Crippen molar-refractivity contribution in [3.05, 3.63) is 75.9 Å². The molecule has 0 saturated carbocycles. The molecule has 0 aliphatic heterocycles. The normalized spacial score (nSPS) is 11.3. The summed E-state index contributed by atoms with van der Waals surface area (Å²) in [5, 5.41) is 6.54. The number of hydrogen-bond acceptors (Lipinski definition) is 4. The van der Waals surface area contributed by atoms with Crippen molar-refractivity contribution in [2.75, 3.05) is 7.05 Å². The summed E-state index contributed by atoms with van der Waals surface area (Å²) in [7, 11) is 1.74. The molecule has 2 N–H and O–H groups in total. The zero-order valence-corrected chi connectivity index (χ0v) is 16.0. The summed E-state index contributed by atoms with van der Waals surface area (Å²) in [5.74, 6) is 1.22. The van der Waals surface area contributed by atoms with Gasteiger partial charge < -0.3 is 15.4 Å². The number of nitrogens with zero attached hydrogens (tertiary/aromatic N) is 2. The number of halogens is 1. The minimum Gasteiger partial charge on any atom is -0.439 e. The highest BCUT2D eigenvalue weighted by Gasteiger charge is 2.03. The van der Waals surface area contributed by atoms with Gasteiger partial charge in [0.05, 0.1) is 6.54 Å². The molecular formula is C20H21FN4OS. The maximum absolute atomic E-state index is 13.2. The fraction of sp³-hybridized carbons (Fsp3) is 0.200. The molecule has 2 heterocycles. The zero-order valence-electron chi connectivity index (χ0n) is 15.2. The Morgan fingerprint density at radius 1 is 1.15 bits per heavy atom. The number of thiophene rings is 1. The Bertz CT molecular complexity index is 908. The lowest BCUT2D eigenvalue weighted by Gasteiger charge is -2.11. The number of aliphatic imine (C=N–C) groups is 1. The molecule has 0 aliphatic rings. The van der Waals surface area contributed by atoms with Crippen molar-refractivity contribution in [3.8, 4) is 11.6 Å². The van der Waals surface area contributed by atoms with Crippen molar-refractivity contribution >= 4 is 17.3 Å². The van der Waals surface area contributed by atoms with Crippen molar-refractivity contribution in [2.24, 2.45) is 4.99 Å². The number of ether oxygens (including phenoxy) is 1. The lowest BCUT2D eigenvalue weighted by molar-refractivity contribution is 0.457. The molecule has 1 aromatic carbocycles. The van der Waals surface area contributed by atoms with Crippen molar-refractivity contribution in [2.45, 2.75) is 20.0 Å². The van der Waals surface area contributed by atoms with E-state index in [9.17, 15) is 4.39 Å². The molecule has 27 heavy (non-hydrogen) atoms. The molecule has 0 atom stereocenters. The van der Waals surface area contributed by atoms with Gasteiger partial charge in [-0.1, -0.05) is 12.1 Å². The van der Waals surface area contributed by atoms with Crippen LogP contribution in [0.15, 0.2) is 59.7 Å². The average molecular weight is 384 g/mol. The summed E-state index contributed by atoms with van der Waals surface area (Å²) in [6, 6.07) is 13.9. The molecule has 2 aromatic heterocycles. The van der Waals surface area contributed by atoms with Crippen molar-refractivity contribution < 1.29 is 9.13 Å². The van der Waals surface area contributed by atoms with E-state index in [4.69, 9.17) is 4.74 Å². The topological polar surface area (TPSA) is 58.5 Å². The smallest absolute Gasteiger partial charge is 0.219 e. The van der Waals surface area contributed by atoms with Gasteiger partial charge in [-0.2, -0.15) is 0 Å². The van der Waals surface area contributed by atoms with Crippen LogP contribution in [0.3, 0.4) is 0 Å². The van der Waals surface area contributed by atoms with Gasteiger partial charge in [-0.25, -0.2) is 9.37 Å². The van der Waals surface area contributed by atoms with Crippen molar-refractivity contribution in [1.82, 2.24) is 15.6 Å². The molecule has 5 nitrogen and oxygen atoms in total. The molecule has 0 bridgehead atoms. The Kier molecular flexibility index (Phi) is 6.38. The number of aryl methyl sites for hydroxylation is 1. The van der Waals surface area contributed by atoms with Crippen LogP contribution in [0.25, 0.3) is 0 Å². The molecule has 140 valence electrons. The summed E-state index contributed by atoms with van der Waals surface area (Å²) in [5.41, 5.74) is 0.983. The van der Waals surface area contributed by atoms with Crippen LogP contribution in [0.5, 0.6) is 11.6 Å². The second-order valence-electron chi connectivity index (χ2n) is 5.86. The van der Waals surface area contributed by atoms with E-state index < -0.39 is 0 Å². The van der Waals surface area contributed by atoms with E-state index in [0.717, 1.165) is 18.1 Å². The fourth-order valence-electron chi connectivity index (χ4n) is 2.38. The third-order valence-electron chi connectivity index (χ3n) is 3.73. The molecule has 0 saturated heterocycles. The van der Waals surface area contributed by atoms with Gasteiger partial charge in [-0.15, -0.1) is 11.3 Å². The van der Waals surface area contributed by atoms with Crippen LogP contribution in [0, 0.1) is 12.7 Å². The monoisotopic (exact) mass is 384 g/mol. The highest BCUT2D eigenvalue weighted by molar-refractivity contribution is 7.11. The Balaban J connectivity index is 1.50. The molecule has 0 amide bonds. The minimum atomic E-state index is -0.343. The standard InChI is InChI=1S/C20H21FN4OS/c1-14-6-8-18(27-14)13-25-20(22-2)24-12-15-7-9-19(23-11-15)26-17-5-3-4-16(21)10-17/h3-11H,12-13H2,1-2H3,(H2,22,24,25). The van der Waals surface area contributed by atoms with Crippen LogP contribution in [-0.2, 0) is 13.1 Å². The summed E-state index contributed by atoms with van der Waals surface area (Å²) >= 11 is 1.77. The first-order valence-electron chi connectivity index (χ1n) is 8.50. The van der Waals surface area contributed by atoms with Crippen LogP contribution in [0.4, 0.5) is 4.39 Å². The molecule has 3 rings (SSSR count). The van der Waals surface area contributed by atoms with Crippen LogP contribution in [-0.4, -0.2) is 18.0 Å². The maximum atomic E-state index is 13.2. The Hall–Kier alpha value is -2.93. The van der Waals surface area contributed by atoms with E-state index in [2.05, 4.69) is 39.7 Å². The maximum Gasteiger partial charge on any atom is 0.219 e. The summed E-state index contributed by atoms with van der Waals surface area (Å²) in [4.78, 5) is 11.0. The fourth-order valence-corrected chi connectivity index (χ4v) is 3.21. The van der Waals surface area contributed by atoms with Gasteiger partial charge in [0.25, 0.3) is 0 Å². The number of aromatic nitrogens is 1. The van der Waals surface area contributed by atoms with Crippen LogP contribution in [0.2, 0.25) is 0 Å². The van der Waals surface area contributed by atoms with Crippen molar-refractivity contribution in [3.63, 3.8) is 0 Å². The summed E-state index contributed by atoms with van der Waals surface area (Å²) in [6.07, 6.45) is 1.72. The van der Waals surface area contributed by atoms with Gasteiger partial charge in [0.15, 0.2) is 5.96 Å². The second kappa shape index (κ2) is 9.14. The van der Waals surface area contributed by atoms with Crippen LogP contribution < -0.4 is 15.4 Å². The molecule has 0 radical (unpaired) electrons. The van der Waals surface area contributed by atoms with E-state index in [1.54, 1.807) is 42.8 Å². The highest BCUT2D eigenvalue weighted by atomic mass is 32.1. The predicted molar refractivity (Wildman–Crippen MR) is 107 cm³/mol. The minimum absolute atomic E-state index is 0.343. The van der Waals surface area contributed by atoms with E-state index in [1.165, 1.54) is 21.9 Å². The third kappa shape index (κ3) is 5.79. The largest absolute Gasteiger partial charge is 0.439 e. The van der Waals surface area contributed by atoms with E-state index in [0.29, 0.717) is 18.2 Å². The van der Waals surface area contributed by atoms with Gasteiger partial charge in [-0.3, -0.25) is 4.99 Å². The van der Waals surface area contributed by atoms with Gasteiger partial charge >= 0.3 is 0 Å². The third-order valence-corrected chi connectivity index (χ3v) is 4.73. The molecule has 3 aromatic rings. The quantitative estimate of drug-likeness (QED) is 0.493. The highest BCUT2D eigenvalue weighted by Crippen LogP contribution is 2.20. The predicted octanol–water partition coefficient (Wildman–Crippen LogP) is 4.25. The number of hydrogen-bond donors (Lipinski definition) is 2. The molecule has 0 aliphatic carbocycles. The molecule has 0 spiro atoms. The Morgan fingerprint density at radius 2 is 2.00 bits per heavy atom. The first-order chi connectivity index (χ1) is 13.1. The summed E-state index contributed by atoms with van der Waals surface area (Å²) in [6.45, 7) is 3.41. The van der Waals surface area contributed by atoms with Gasteiger partial charge in [0, 0.05) is 41.7 Å². The number of pyridine rings is 1. The second-order valence-corrected chi connectivity index (χ2v) is 7.23. The van der Waals surface area contributed by atoms with E-state index in [1.807, 2.05) is 6.07 Å². The molecule has 0 fully saturated rings. The number of guanidine groups is 1.